The highest BCUT2D eigenvalue weighted by molar-refractivity contribution is 7.92. The van der Waals surface area contributed by atoms with Crippen molar-refractivity contribution in [3.8, 4) is 0 Å². The van der Waals surface area contributed by atoms with Crippen molar-refractivity contribution in [2.75, 3.05) is 10.8 Å². The summed E-state index contributed by atoms with van der Waals surface area (Å²) in [5.41, 5.74) is 4.60. The molecule has 1 amide bonds. The molecule has 0 heterocycles. The molecule has 1 N–H and O–H groups in total. The molecule has 6 heteroatoms. The van der Waals surface area contributed by atoms with Crippen LogP contribution in [-0.4, -0.2) is 20.9 Å². The SMILES string of the molecule is Cc1ccc(S(=O)(=O)N(CC(=O)N[C@H](C)c2cc(C)ccc2C)c2ccccc2)cc1. The predicted molar refractivity (Wildman–Crippen MR) is 125 cm³/mol. The first kappa shape index (κ1) is 22.6. The molecule has 0 aliphatic heterocycles. The first-order valence-electron chi connectivity index (χ1n) is 10.2. The Labute approximate surface area is 184 Å². The molecule has 0 fully saturated rings. The van der Waals surface area contributed by atoms with Gasteiger partial charge in [0.25, 0.3) is 10.0 Å². The van der Waals surface area contributed by atoms with Crippen LogP contribution in [0.4, 0.5) is 5.69 Å². The maximum Gasteiger partial charge on any atom is 0.264 e. The molecule has 5 nitrogen and oxygen atoms in total. The van der Waals surface area contributed by atoms with Gasteiger partial charge < -0.3 is 5.32 Å². The highest BCUT2D eigenvalue weighted by Crippen LogP contribution is 2.24. The van der Waals surface area contributed by atoms with E-state index in [0.717, 1.165) is 26.6 Å². The Bertz CT molecular complexity index is 1160. The average molecular weight is 437 g/mol. The van der Waals surface area contributed by atoms with Gasteiger partial charge in [-0.15, -0.1) is 0 Å². The van der Waals surface area contributed by atoms with E-state index in [1.807, 2.05) is 52.0 Å². The maximum atomic E-state index is 13.4. The van der Waals surface area contributed by atoms with E-state index >= 15 is 0 Å². The van der Waals surface area contributed by atoms with Gasteiger partial charge in [-0.25, -0.2) is 8.42 Å². The summed E-state index contributed by atoms with van der Waals surface area (Å²) in [5, 5.41) is 2.95. The van der Waals surface area contributed by atoms with Gasteiger partial charge in [0.05, 0.1) is 16.6 Å². The van der Waals surface area contributed by atoms with Crippen LogP contribution in [0, 0.1) is 20.8 Å². The van der Waals surface area contributed by atoms with Gasteiger partial charge >= 0.3 is 0 Å². The molecule has 0 aliphatic rings. The third kappa shape index (κ3) is 5.33. The van der Waals surface area contributed by atoms with E-state index in [2.05, 4.69) is 5.32 Å². The van der Waals surface area contributed by atoms with Crippen LogP contribution in [0.3, 0.4) is 0 Å². The number of carbonyl (C=O) groups excluding carboxylic acids is 1. The number of aryl methyl sites for hydroxylation is 3. The maximum absolute atomic E-state index is 13.4. The molecule has 0 spiro atoms. The second kappa shape index (κ2) is 9.35. The van der Waals surface area contributed by atoms with E-state index in [0.29, 0.717) is 5.69 Å². The van der Waals surface area contributed by atoms with Gasteiger partial charge in [0.1, 0.15) is 6.54 Å². The average Bonchev–Trinajstić information content (AvgIpc) is 2.74. The van der Waals surface area contributed by atoms with Gasteiger partial charge in [-0.2, -0.15) is 0 Å². The predicted octanol–water partition coefficient (Wildman–Crippen LogP) is 4.68. The first-order chi connectivity index (χ1) is 14.7. The summed E-state index contributed by atoms with van der Waals surface area (Å²) >= 11 is 0. The summed E-state index contributed by atoms with van der Waals surface area (Å²) in [7, 11) is -3.91. The molecule has 3 rings (SSSR count). The summed E-state index contributed by atoms with van der Waals surface area (Å²) in [4.78, 5) is 13.1. The molecule has 0 saturated carbocycles. The lowest BCUT2D eigenvalue weighted by atomic mass is 10.00. The Morgan fingerprint density at radius 2 is 1.52 bits per heavy atom. The van der Waals surface area contributed by atoms with Crippen molar-refractivity contribution in [3.63, 3.8) is 0 Å². The molecule has 0 saturated heterocycles. The Kier molecular flexibility index (Phi) is 6.81. The van der Waals surface area contributed by atoms with E-state index in [1.165, 1.54) is 0 Å². The standard InChI is InChI=1S/C25H28N2O3S/c1-18-11-14-23(15-12-18)31(29,30)27(22-8-6-5-7-9-22)17-25(28)26-21(4)24-16-19(2)10-13-20(24)3/h5-16,21H,17H2,1-4H3,(H,26,28)/t21-/m1/s1. The monoisotopic (exact) mass is 436 g/mol. The van der Waals surface area contributed by atoms with Crippen LogP contribution < -0.4 is 9.62 Å². The van der Waals surface area contributed by atoms with Crippen molar-refractivity contribution in [1.82, 2.24) is 5.32 Å². The van der Waals surface area contributed by atoms with E-state index < -0.39 is 10.0 Å². The smallest absolute Gasteiger partial charge is 0.264 e. The van der Waals surface area contributed by atoms with Crippen molar-refractivity contribution >= 4 is 21.6 Å². The van der Waals surface area contributed by atoms with E-state index in [1.54, 1.807) is 48.5 Å². The van der Waals surface area contributed by atoms with Gasteiger partial charge in [0.15, 0.2) is 0 Å². The second-order valence-electron chi connectivity index (χ2n) is 7.81. The number of hydrogen-bond donors (Lipinski definition) is 1. The van der Waals surface area contributed by atoms with Crippen LogP contribution in [0.2, 0.25) is 0 Å². The third-order valence-corrected chi connectivity index (χ3v) is 7.01. The lowest BCUT2D eigenvalue weighted by Gasteiger charge is -2.25. The van der Waals surface area contributed by atoms with E-state index in [9.17, 15) is 13.2 Å². The van der Waals surface area contributed by atoms with Crippen molar-refractivity contribution in [1.29, 1.82) is 0 Å². The number of benzene rings is 3. The molecule has 0 aromatic heterocycles. The number of nitrogens with one attached hydrogen (secondary N) is 1. The number of carbonyl (C=O) groups is 1. The Morgan fingerprint density at radius 1 is 0.903 bits per heavy atom. The molecule has 162 valence electrons. The number of amides is 1. The first-order valence-corrected chi connectivity index (χ1v) is 11.6. The van der Waals surface area contributed by atoms with Gasteiger partial charge in [-0.3, -0.25) is 9.10 Å². The van der Waals surface area contributed by atoms with E-state index in [4.69, 9.17) is 0 Å². The Balaban J connectivity index is 1.88. The molecule has 0 unspecified atom stereocenters. The van der Waals surface area contributed by atoms with Gasteiger partial charge in [-0.05, 0) is 63.1 Å². The Morgan fingerprint density at radius 3 is 2.16 bits per heavy atom. The van der Waals surface area contributed by atoms with Gasteiger partial charge in [-0.1, -0.05) is 59.7 Å². The number of para-hydroxylation sites is 1. The van der Waals surface area contributed by atoms with Crippen molar-refractivity contribution in [3.05, 3.63) is 95.1 Å². The van der Waals surface area contributed by atoms with Crippen molar-refractivity contribution in [2.45, 2.75) is 38.6 Å². The molecule has 0 radical (unpaired) electrons. The summed E-state index contributed by atoms with van der Waals surface area (Å²) in [6.45, 7) is 7.49. The summed E-state index contributed by atoms with van der Waals surface area (Å²) in [5.74, 6) is -0.368. The zero-order chi connectivity index (χ0) is 22.6. The fourth-order valence-corrected chi connectivity index (χ4v) is 4.89. The van der Waals surface area contributed by atoms with Gasteiger partial charge in [0.2, 0.25) is 5.91 Å². The zero-order valence-corrected chi connectivity index (χ0v) is 19.1. The summed E-state index contributed by atoms with van der Waals surface area (Å²) in [6, 6.07) is 21.2. The van der Waals surface area contributed by atoms with E-state index in [-0.39, 0.29) is 23.4 Å². The van der Waals surface area contributed by atoms with Crippen LogP contribution in [0.25, 0.3) is 0 Å². The van der Waals surface area contributed by atoms with Gasteiger partial charge in [0, 0.05) is 0 Å². The van der Waals surface area contributed by atoms with Crippen LogP contribution in [0.15, 0.2) is 77.7 Å². The fourth-order valence-electron chi connectivity index (χ4n) is 3.47. The highest BCUT2D eigenvalue weighted by Gasteiger charge is 2.27. The minimum absolute atomic E-state index is 0.150. The number of anilines is 1. The fraction of sp³-hybridized carbons (Fsp3) is 0.240. The number of rotatable bonds is 7. The number of hydrogen-bond acceptors (Lipinski definition) is 3. The third-order valence-electron chi connectivity index (χ3n) is 5.22. The lowest BCUT2D eigenvalue weighted by Crippen LogP contribution is -2.41. The quantitative estimate of drug-likeness (QED) is 0.585. The summed E-state index contributed by atoms with van der Waals surface area (Å²) in [6.07, 6.45) is 0. The largest absolute Gasteiger partial charge is 0.348 e. The second-order valence-corrected chi connectivity index (χ2v) is 9.67. The van der Waals surface area contributed by atoms with Crippen LogP contribution in [0.5, 0.6) is 0 Å². The normalized spacial score (nSPS) is 12.3. The lowest BCUT2D eigenvalue weighted by molar-refractivity contribution is -0.120. The number of sulfonamides is 1. The molecule has 3 aromatic carbocycles. The highest BCUT2D eigenvalue weighted by atomic mass is 32.2. The van der Waals surface area contributed by atoms with Crippen LogP contribution in [0.1, 0.15) is 35.2 Å². The molecular weight excluding hydrogens is 408 g/mol. The number of nitrogens with zero attached hydrogens (tertiary/aromatic N) is 1. The molecule has 1 atom stereocenters. The molecule has 3 aromatic rings. The summed E-state index contributed by atoms with van der Waals surface area (Å²) < 4.78 is 27.9. The molecular formula is C25H28N2O3S. The topological polar surface area (TPSA) is 66.5 Å². The van der Waals surface area contributed by atoms with Crippen LogP contribution >= 0.6 is 0 Å². The van der Waals surface area contributed by atoms with Crippen LogP contribution in [-0.2, 0) is 14.8 Å². The van der Waals surface area contributed by atoms with Crippen molar-refractivity contribution in [2.24, 2.45) is 0 Å². The minimum Gasteiger partial charge on any atom is -0.348 e. The molecule has 0 bridgehead atoms. The Hall–Kier alpha value is -3.12. The zero-order valence-electron chi connectivity index (χ0n) is 18.3. The molecule has 31 heavy (non-hydrogen) atoms. The van der Waals surface area contributed by atoms with Crippen molar-refractivity contribution < 1.29 is 13.2 Å². The molecule has 0 aliphatic carbocycles. The minimum atomic E-state index is -3.91.